The second-order valence-electron chi connectivity index (χ2n) is 22.7. The lowest BCUT2D eigenvalue weighted by atomic mass is 10.1. The fourth-order valence-electron chi connectivity index (χ4n) is 8.80. The van der Waals surface area contributed by atoms with Gasteiger partial charge in [0, 0.05) is 66.6 Å². The Morgan fingerprint density at radius 1 is 0.679 bits per heavy atom. The summed E-state index contributed by atoms with van der Waals surface area (Å²) in [5, 5.41) is 25.5. The number of hydrogen-bond donors (Lipinski definition) is 3. The standard InChI is InChI=1S/C28H34FN7O6SSi.C27H32FN7O4Si/c1-17(28-32-19(14-41-28)15-42-43(3,38)39)31-27(37)21-13-36(16-40-9-10-44(4,5)6)26-25(21)33-22(12-30-26)24-20-8-7-18(29)11-23(20)35(2)34-24;1-16(27-31-18(13-36)14-39-27)30-26(37)20-12-35(15-38-8-9-40(3,4)5)25-24(20)32-21(11-29-25)23-19-7-6-17(28)10-22(19)34(2)33-23/h7-8,11-14,17H,9-10,15-16H2,1-6H3,(H,31,37);6-7,10-12,14,16,36H,8-9,13,15H2,1-5H3,(H,30,37)/t17-;16-/m11/s1. The molecular weight excluding hydrogens is 1140 g/mol. The molecule has 2 amide bonds. The molecule has 2 atom stereocenters. The molecule has 0 spiro atoms. The van der Waals surface area contributed by atoms with Crippen molar-refractivity contribution in [2.75, 3.05) is 19.5 Å². The quantitative estimate of drug-likeness (QED) is 0.0324. The summed E-state index contributed by atoms with van der Waals surface area (Å²) in [6.07, 6.45) is 10.0. The number of aromatic nitrogens is 12. The normalized spacial score (nSPS) is 13.0. The van der Waals surface area contributed by atoms with Crippen molar-refractivity contribution < 1.29 is 54.4 Å². The van der Waals surface area contributed by atoms with E-state index >= 15 is 0 Å². The third-order valence-corrected chi connectivity index (χ3v) is 17.3. The molecule has 0 aliphatic carbocycles. The van der Waals surface area contributed by atoms with Crippen LogP contribution >= 0.6 is 0 Å². The SMILES string of the molecule is C[C@@H](NC(=O)c1cn(COCC[Si](C)(C)C)c2ncc(-c3nn(C)c4cc(F)ccc34)nc12)c1nc(CO)co1.C[C@@H](NC(=O)c1cn(COCC[Si](C)(C)C)c2ncc(-c3nn(C)c4cc(F)ccc34)nc12)c1nc(COS(C)(=O)=O)co1. The molecule has 24 nitrogen and oxygen atoms in total. The zero-order valence-corrected chi connectivity index (χ0v) is 51.2. The second-order valence-corrected chi connectivity index (χ2v) is 35.6. The maximum Gasteiger partial charge on any atom is 0.264 e. The Labute approximate surface area is 483 Å². The highest BCUT2D eigenvalue weighted by Crippen LogP contribution is 2.32. The Bertz CT molecular complexity index is 4160. The van der Waals surface area contributed by atoms with Crippen molar-refractivity contribution in [2.24, 2.45) is 14.1 Å². The van der Waals surface area contributed by atoms with E-state index in [-0.39, 0.29) is 61.3 Å². The lowest BCUT2D eigenvalue weighted by Gasteiger charge is -2.15. The van der Waals surface area contributed by atoms with E-state index in [0.717, 1.165) is 23.7 Å². The minimum atomic E-state index is -3.66. The van der Waals surface area contributed by atoms with E-state index in [1.54, 1.807) is 83.4 Å². The molecule has 84 heavy (non-hydrogen) atoms. The number of carbonyl (C=O) groups excluding carboxylic acids is 2. The van der Waals surface area contributed by atoms with Gasteiger partial charge in [-0.2, -0.15) is 18.6 Å². The molecule has 8 heterocycles. The van der Waals surface area contributed by atoms with E-state index in [2.05, 4.69) is 80.0 Å². The molecule has 0 radical (unpaired) electrons. The summed E-state index contributed by atoms with van der Waals surface area (Å²) in [5.74, 6) is -1.16. The van der Waals surface area contributed by atoms with Crippen molar-refractivity contribution in [3.8, 4) is 22.8 Å². The fourth-order valence-corrected chi connectivity index (χ4v) is 10.7. The van der Waals surface area contributed by atoms with Crippen LogP contribution in [0.5, 0.6) is 0 Å². The Morgan fingerprint density at radius 2 is 1.11 bits per heavy atom. The van der Waals surface area contributed by atoms with E-state index < -0.39 is 50.2 Å². The predicted octanol–water partition coefficient (Wildman–Crippen LogP) is 8.80. The highest BCUT2D eigenvalue weighted by molar-refractivity contribution is 7.85. The number of fused-ring (bicyclic) bond motifs is 4. The molecular formula is C55H66F2N14O10SSi2. The van der Waals surface area contributed by atoms with Crippen LogP contribution in [0.1, 0.15) is 69.8 Å². The number of aryl methyl sites for hydroxylation is 2. The molecule has 0 aliphatic heterocycles. The van der Waals surface area contributed by atoms with E-state index in [9.17, 15) is 31.9 Å². The van der Waals surface area contributed by atoms with Crippen LogP contribution in [0, 0.1) is 11.6 Å². The average Bonchev–Trinajstić information content (AvgIpc) is 2.84. The lowest BCUT2D eigenvalue weighted by molar-refractivity contribution is 0.0884. The number of aliphatic hydroxyl groups is 1. The number of ether oxygens (including phenoxy) is 2. The third kappa shape index (κ3) is 14.3. The highest BCUT2D eigenvalue weighted by atomic mass is 32.2. The van der Waals surface area contributed by atoms with Crippen molar-refractivity contribution in [1.29, 1.82) is 0 Å². The van der Waals surface area contributed by atoms with E-state index in [4.69, 9.17) is 32.5 Å². The monoisotopic (exact) mass is 1210 g/mol. The van der Waals surface area contributed by atoms with Crippen LogP contribution in [0.3, 0.4) is 0 Å². The first kappa shape index (κ1) is 60.6. The largest absolute Gasteiger partial charge is 0.446 e. The number of nitrogens with one attached hydrogen (secondary N) is 2. The van der Waals surface area contributed by atoms with Gasteiger partial charge in [0.1, 0.15) is 102 Å². The summed E-state index contributed by atoms with van der Waals surface area (Å²) in [7, 11) is -2.79. The van der Waals surface area contributed by atoms with Gasteiger partial charge in [-0.1, -0.05) is 39.3 Å². The third-order valence-electron chi connectivity index (χ3n) is 13.3. The van der Waals surface area contributed by atoms with Crippen LogP contribution in [-0.2, 0) is 64.5 Å². The number of benzene rings is 2. The number of nitrogens with zero attached hydrogens (tertiary/aromatic N) is 12. The Kier molecular flexibility index (Phi) is 17.8. The van der Waals surface area contributed by atoms with Gasteiger partial charge in [-0.3, -0.25) is 23.1 Å². The number of halogens is 2. The highest BCUT2D eigenvalue weighted by Gasteiger charge is 2.27. The molecule has 29 heteroatoms. The second kappa shape index (κ2) is 24.7. The van der Waals surface area contributed by atoms with Gasteiger partial charge in [0.2, 0.25) is 11.8 Å². The summed E-state index contributed by atoms with van der Waals surface area (Å²) >= 11 is 0. The zero-order valence-electron chi connectivity index (χ0n) is 48.4. The van der Waals surface area contributed by atoms with E-state index in [0.29, 0.717) is 86.0 Å². The molecule has 3 N–H and O–H groups in total. The van der Waals surface area contributed by atoms with Crippen molar-refractivity contribution in [2.45, 2.75) is 104 Å². The van der Waals surface area contributed by atoms with Gasteiger partial charge >= 0.3 is 0 Å². The number of rotatable bonds is 22. The molecule has 444 valence electrons. The molecule has 0 unspecified atom stereocenters. The van der Waals surface area contributed by atoms with Gasteiger partial charge in [-0.05, 0) is 62.3 Å². The van der Waals surface area contributed by atoms with Gasteiger partial charge in [0.05, 0.1) is 47.4 Å². The van der Waals surface area contributed by atoms with Gasteiger partial charge in [-0.15, -0.1) is 0 Å². The summed E-state index contributed by atoms with van der Waals surface area (Å²) in [6, 6.07) is 9.58. The molecule has 0 saturated heterocycles. The van der Waals surface area contributed by atoms with Gasteiger partial charge in [0.25, 0.3) is 21.9 Å². The lowest BCUT2D eigenvalue weighted by Crippen LogP contribution is -2.27. The van der Waals surface area contributed by atoms with Gasteiger partial charge in [0.15, 0.2) is 11.3 Å². The first-order chi connectivity index (χ1) is 39.7. The number of oxazole rings is 2. The smallest absolute Gasteiger partial charge is 0.264 e. The molecule has 8 aromatic heterocycles. The van der Waals surface area contributed by atoms with Crippen molar-refractivity contribution in [1.82, 2.24) is 69.2 Å². The summed E-state index contributed by atoms with van der Waals surface area (Å²) in [6.45, 7) is 18.1. The Morgan fingerprint density at radius 3 is 1.51 bits per heavy atom. The number of carbonyl (C=O) groups is 2. The maximum absolute atomic E-state index is 13.9. The molecule has 0 fully saturated rings. The first-order valence-corrected chi connectivity index (χ1v) is 36.0. The van der Waals surface area contributed by atoms with Crippen LogP contribution in [0.4, 0.5) is 8.78 Å². The number of aliphatic hydroxyl groups excluding tert-OH is 1. The minimum Gasteiger partial charge on any atom is -0.446 e. The van der Waals surface area contributed by atoms with Crippen LogP contribution < -0.4 is 10.6 Å². The molecule has 2 aromatic carbocycles. The van der Waals surface area contributed by atoms with E-state index in [1.807, 2.05) is 0 Å². The summed E-state index contributed by atoms with van der Waals surface area (Å²) < 4.78 is 84.5. The Balaban J connectivity index is 0.000000202. The minimum absolute atomic E-state index is 0.169. The summed E-state index contributed by atoms with van der Waals surface area (Å²) in [4.78, 5) is 54.4. The fraction of sp³-hybridized carbons (Fsp3) is 0.382. The topological polar surface area (TPSA) is 289 Å². The van der Waals surface area contributed by atoms with Gasteiger partial charge < -0.3 is 43.2 Å². The van der Waals surface area contributed by atoms with Crippen LogP contribution in [0.25, 0.3) is 66.9 Å². The summed E-state index contributed by atoms with van der Waals surface area (Å²) in [5.41, 5.74) is 5.91. The molecule has 0 saturated carbocycles. The number of hydrogen-bond acceptors (Lipinski definition) is 18. The van der Waals surface area contributed by atoms with Crippen LogP contribution in [-0.4, -0.2) is 120 Å². The van der Waals surface area contributed by atoms with Crippen molar-refractivity contribution in [3.63, 3.8) is 0 Å². The Hall–Kier alpha value is -7.94. The van der Waals surface area contributed by atoms with Crippen molar-refractivity contribution in [3.05, 3.63) is 120 Å². The van der Waals surface area contributed by atoms with E-state index in [1.165, 1.54) is 36.8 Å². The van der Waals surface area contributed by atoms with Crippen molar-refractivity contribution >= 4 is 82.2 Å². The predicted molar refractivity (Wildman–Crippen MR) is 313 cm³/mol. The first-order valence-electron chi connectivity index (χ1n) is 26.8. The molecule has 10 rings (SSSR count). The van der Waals surface area contributed by atoms with Crippen LogP contribution in [0.15, 0.2) is 82.5 Å². The molecule has 0 aliphatic rings. The average molecular weight is 1210 g/mol. The zero-order chi connectivity index (χ0) is 60.4. The molecule has 10 aromatic rings. The molecule has 0 bridgehead atoms. The maximum atomic E-state index is 13.9. The van der Waals surface area contributed by atoms with Crippen LogP contribution in [0.2, 0.25) is 51.4 Å². The van der Waals surface area contributed by atoms with Gasteiger partial charge in [-0.25, -0.2) is 38.7 Å². The number of amides is 2.